The lowest BCUT2D eigenvalue weighted by Crippen LogP contribution is -2.29. The third-order valence-electron chi connectivity index (χ3n) is 4.40. The van der Waals surface area contributed by atoms with Crippen molar-refractivity contribution in [3.63, 3.8) is 0 Å². The molecule has 1 fully saturated rings. The number of thiocarbonyl (C=S) groups is 1. The maximum atomic E-state index is 6.36. The average molecular weight is 436 g/mol. The fourth-order valence-corrected chi connectivity index (χ4v) is 5.00. The number of anilines is 1. The number of halogens is 2. The number of nitrogens with zero attached hydrogens (tertiary/aromatic N) is 2. The first kappa shape index (κ1) is 18.5. The van der Waals surface area contributed by atoms with Crippen molar-refractivity contribution in [1.29, 1.82) is 0 Å². The molecule has 27 heavy (non-hydrogen) atoms. The van der Waals surface area contributed by atoms with Gasteiger partial charge in [-0.3, -0.25) is 4.98 Å². The SMILES string of the molecule is COc1ccc(N2C(=S)N[C@@H](c3ccccn3)[C@@H]2c2ccc(Cl)s2)cc1Cl. The molecule has 1 aliphatic rings. The van der Waals surface area contributed by atoms with Crippen LogP contribution in [0.4, 0.5) is 5.69 Å². The number of nitrogens with one attached hydrogen (secondary N) is 1. The van der Waals surface area contributed by atoms with E-state index < -0.39 is 0 Å². The fourth-order valence-electron chi connectivity index (χ4n) is 3.21. The first-order valence-electron chi connectivity index (χ1n) is 8.18. The highest BCUT2D eigenvalue weighted by Gasteiger charge is 2.41. The van der Waals surface area contributed by atoms with Gasteiger partial charge < -0.3 is 15.0 Å². The summed E-state index contributed by atoms with van der Waals surface area (Å²) < 4.78 is 6.00. The molecule has 3 aromatic rings. The van der Waals surface area contributed by atoms with E-state index in [-0.39, 0.29) is 12.1 Å². The lowest BCUT2D eigenvalue weighted by molar-refractivity contribution is 0.415. The summed E-state index contributed by atoms with van der Waals surface area (Å²) in [7, 11) is 1.59. The van der Waals surface area contributed by atoms with E-state index in [4.69, 9.17) is 40.2 Å². The van der Waals surface area contributed by atoms with Gasteiger partial charge >= 0.3 is 0 Å². The van der Waals surface area contributed by atoms with Crippen molar-refractivity contribution in [3.8, 4) is 5.75 Å². The van der Waals surface area contributed by atoms with Gasteiger partial charge in [0.2, 0.25) is 0 Å². The Labute approximate surface area is 176 Å². The predicted molar refractivity (Wildman–Crippen MR) is 115 cm³/mol. The molecule has 1 saturated heterocycles. The van der Waals surface area contributed by atoms with Gasteiger partial charge in [-0.25, -0.2) is 0 Å². The largest absolute Gasteiger partial charge is 0.495 e. The Morgan fingerprint density at radius 1 is 1.19 bits per heavy atom. The Bertz CT molecular complexity index is 980. The van der Waals surface area contributed by atoms with Crippen LogP contribution in [-0.2, 0) is 0 Å². The molecule has 4 rings (SSSR count). The van der Waals surface area contributed by atoms with E-state index in [1.165, 1.54) is 11.3 Å². The molecule has 1 N–H and O–H groups in total. The summed E-state index contributed by atoms with van der Waals surface area (Å²) >= 11 is 19.8. The maximum absolute atomic E-state index is 6.36. The number of pyridine rings is 1. The molecule has 0 aliphatic carbocycles. The summed E-state index contributed by atoms with van der Waals surface area (Å²) in [6, 6.07) is 15.2. The van der Waals surface area contributed by atoms with Gasteiger partial charge in [0, 0.05) is 16.8 Å². The number of benzene rings is 1. The number of rotatable bonds is 4. The highest BCUT2D eigenvalue weighted by atomic mass is 35.5. The second-order valence-electron chi connectivity index (χ2n) is 5.96. The predicted octanol–water partition coefficient (Wildman–Crippen LogP) is 5.64. The van der Waals surface area contributed by atoms with Crippen LogP contribution in [-0.4, -0.2) is 17.2 Å². The zero-order chi connectivity index (χ0) is 19.0. The minimum atomic E-state index is -0.103. The van der Waals surface area contributed by atoms with Crippen molar-refractivity contribution in [3.05, 3.63) is 74.7 Å². The second-order valence-corrected chi connectivity index (χ2v) is 8.50. The van der Waals surface area contributed by atoms with Crippen molar-refractivity contribution >= 4 is 57.6 Å². The molecule has 0 unspecified atom stereocenters. The molecule has 0 saturated carbocycles. The highest BCUT2D eigenvalue weighted by molar-refractivity contribution is 7.80. The Morgan fingerprint density at radius 2 is 2.04 bits per heavy atom. The number of hydrogen-bond donors (Lipinski definition) is 1. The summed E-state index contributed by atoms with van der Waals surface area (Å²) in [6.45, 7) is 0. The molecule has 3 heterocycles. The van der Waals surface area contributed by atoms with E-state index in [9.17, 15) is 0 Å². The Kier molecular flexibility index (Phi) is 5.23. The molecule has 0 radical (unpaired) electrons. The Morgan fingerprint density at radius 3 is 2.67 bits per heavy atom. The van der Waals surface area contributed by atoms with Crippen LogP contribution in [0.2, 0.25) is 9.36 Å². The van der Waals surface area contributed by atoms with Gasteiger partial charge in [0.1, 0.15) is 5.75 Å². The molecule has 2 aromatic heterocycles. The van der Waals surface area contributed by atoms with E-state index >= 15 is 0 Å². The molecular formula is C19H15Cl2N3OS2. The van der Waals surface area contributed by atoms with Crippen LogP contribution in [0.1, 0.15) is 22.7 Å². The number of aromatic nitrogens is 1. The van der Waals surface area contributed by atoms with Crippen LogP contribution < -0.4 is 15.0 Å². The normalized spacial score (nSPS) is 19.2. The molecule has 0 spiro atoms. The molecule has 1 aromatic carbocycles. The first-order chi connectivity index (χ1) is 13.1. The van der Waals surface area contributed by atoms with Crippen LogP contribution in [0.3, 0.4) is 0 Å². The standard InChI is InChI=1S/C19H15Cl2N3OS2/c1-25-14-6-5-11(10-12(14)20)24-18(15-7-8-16(21)27-15)17(23-19(24)26)13-4-2-3-9-22-13/h2-10,17-18H,1H3,(H,23,26)/t17-,18-/m0/s1. The summed E-state index contributed by atoms with van der Waals surface area (Å²) in [6.07, 6.45) is 1.78. The van der Waals surface area contributed by atoms with Gasteiger partial charge in [-0.1, -0.05) is 29.3 Å². The minimum Gasteiger partial charge on any atom is -0.495 e. The topological polar surface area (TPSA) is 37.4 Å². The Hall–Kier alpha value is -1.86. The molecule has 1 aliphatic heterocycles. The van der Waals surface area contributed by atoms with Gasteiger partial charge in [0.15, 0.2) is 5.11 Å². The number of methoxy groups -OCH3 is 1. The molecule has 8 heteroatoms. The van der Waals surface area contributed by atoms with Crippen LogP contribution in [0, 0.1) is 0 Å². The highest BCUT2D eigenvalue weighted by Crippen LogP contribution is 2.45. The third-order valence-corrected chi connectivity index (χ3v) is 6.31. The zero-order valence-electron chi connectivity index (χ0n) is 14.2. The maximum Gasteiger partial charge on any atom is 0.174 e. The number of hydrogen-bond acceptors (Lipinski definition) is 4. The second kappa shape index (κ2) is 7.64. The average Bonchev–Trinajstić information content (AvgIpc) is 3.25. The fraction of sp³-hybridized carbons (Fsp3) is 0.158. The summed E-state index contributed by atoms with van der Waals surface area (Å²) in [5.74, 6) is 0.621. The van der Waals surface area contributed by atoms with Gasteiger partial charge in [0.25, 0.3) is 0 Å². The van der Waals surface area contributed by atoms with Crippen molar-refractivity contribution in [2.24, 2.45) is 0 Å². The van der Waals surface area contributed by atoms with Crippen molar-refractivity contribution in [2.45, 2.75) is 12.1 Å². The quantitative estimate of drug-likeness (QED) is 0.536. The van der Waals surface area contributed by atoms with E-state index in [1.807, 2.05) is 48.5 Å². The molecular weight excluding hydrogens is 421 g/mol. The molecule has 4 nitrogen and oxygen atoms in total. The van der Waals surface area contributed by atoms with Crippen LogP contribution in [0.25, 0.3) is 0 Å². The van der Waals surface area contributed by atoms with Crippen molar-refractivity contribution in [1.82, 2.24) is 10.3 Å². The summed E-state index contributed by atoms with van der Waals surface area (Å²) in [5, 5.41) is 4.55. The summed E-state index contributed by atoms with van der Waals surface area (Å²) in [5.41, 5.74) is 1.79. The molecule has 138 valence electrons. The molecule has 0 bridgehead atoms. The van der Waals surface area contributed by atoms with Gasteiger partial charge in [-0.05, 0) is 54.7 Å². The number of thiophene rings is 1. The molecule has 2 atom stereocenters. The van der Waals surface area contributed by atoms with Crippen molar-refractivity contribution < 1.29 is 4.74 Å². The van der Waals surface area contributed by atoms with Crippen molar-refractivity contribution in [2.75, 3.05) is 12.0 Å². The van der Waals surface area contributed by atoms with Crippen LogP contribution in [0.15, 0.2) is 54.7 Å². The van der Waals surface area contributed by atoms with Gasteiger partial charge in [-0.15, -0.1) is 11.3 Å². The smallest absolute Gasteiger partial charge is 0.174 e. The number of ether oxygens (including phenoxy) is 1. The Balaban J connectivity index is 1.81. The first-order valence-corrected chi connectivity index (χ1v) is 10.2. The van der Waals surface area contributed by atoms with E-state index in [2.05, 4.69) is 15.2 Å². The van der Waals surface area contributed by atoms with E-state index in [1.54, 1.807) is 13.3 Å². The van der Waals surface area contributed by atoms with Gasteiger partial charge in [0.05, 0.1) is 34.2 Å². The monoisotopic (exact) mass is 435 g/mol. The summed E-state index contributed by atoms with van der Waals surface area (Å²) in [4.78, 5) is 7.68. The lowest BCUT2D eigenvalue weighted by Gasteiger charge is -2.27. The molecule has 0 amide bonds. The van der Waals surface area contributed by atoms with E-state index in [0.717, 1.165) is 20.6 Å². The van der Waals surface area contributed by atoms with E-state index in [0.29, 0.717) is 15.9 Å². The van der Waals surface area contributed by atoms with Crippen LogP contribution >= 0.6 is 46.8 Å². The third kappa shape index (κ3) is 3.50. The van der Waals surface area contributed by atoms with Crippen LogP contribution in [0.5, 0.6) is 5.75 Å². The lowest BCUT2D eigenvalue weighted by atomic mass is 10.0. The zero-order valence-corrected chi connectivity index (χ0v) is 17.4. The van der Waals surface area contributed by atoms with Gasteiger partial charge in [-0.2, -0.15) is 0 Å². The minimum absolute atomic E-state index is 0.0886.